The van der Waals surface area contributed by atoms with Crippen molar-refractivity contribution >= 4 is 15.9 Å². The molecule has 1 aromatic rings. The molecule has 0 fully saturated rings. The zero-order valence-electron chi connectivity index (χ0n) is 13.4. The van der Waals surface area contributed by atoms with Crippen molar-refractivity contribution in [2.75, 3.05) is 19.8 Å². The Kier molecular flexibility index (Phi) is 8.47. The number of allylic oxidation sites excluding steroid dienone is 1. The number of hydrogen-bond donors (Lipinski definition) is 1. The maximum atomic E-state index is 5.78. The molecule has 0 spiro atoms. The highest BCUT2D eigenvalue weighted by Gasteiger charge is 2.12. The van der Waals surface area contributed by atoms with E-state index in [2.05, 4.69) is 41.2 Å². The maximum Gasteiger partial charge on any atom is 0.175 e. The van der Waals surface area contributed by atoms with Crippen molar-refractivity contribution in [2.24, 2.45) is 5.92 Å². The summed E-state index contributed by atoms with van der Waals surface area (Å²) in [5.74, 6) is 2.20. The van der Waals surface area contributed by atoms with Crippen molar-refractivity contribution in [3.05, 3.63) is 34.3 Å². The normalized spacial score (nSPS) is 11.3. The first kappa shape index (κ1) is 18.1. The minimum absolute atomic E-state index is 0.542. The Balaban J connectivity index is 2.84. The quantitative estimate of drug-likeness (QED) is 0.659. The van der Waals surface area contributed by atoms with Crippen molar-refractivity contribution in [1.82, 2.24) is 5.32 Å². The Hall–Kier alpha value is -1.00. The number of halogens is 1. The van der Waals surface area contributed by atoms with Crippen LogP contribution >= 0.6 is 15.9 Å². The van der Waals surface area contributed by atoms with E-state index in [1.54, 1.807) is 0 Å². The summed E-state index contributed by atoms with van der Waals surface area (Å²) in [5.41, 5.74) is 1.18. The molecule has 1 N–H and O–H groups in total. The molecule has 1 aromatic carbocycles. The first-order chi connectivity index (χ1) is 10.1. The third kappa shape index (κ3) is 6.53. The lowest BCUT2D eigenvalue weighted by Gasteiger charge is -2.15. The van der Waals surface area contributed by atoms with Crippen LogP contribution in [0, 0.1) is 5.92 Å². The fourth-order valence-electron chi connectivity index (χ4n) is 1.86. The van der Waals surface area contributed by atoms with Crippen molar-refractivity contribution in [3.63, 3.8) is 0 Å². The van der Waals surface area contributed by atoms with E-state index in [0.29, 0.717) is 19.1 Å². The van der Waals surface area contributed by atoms with Crippen LogP contribution in [0.25, 0.3) is 0 Å². The van der Waals surface area contributed by atoms with Gasteiger partial charge in [0.1, 0.15) is 6.61 Å². The van der Waals surface area contributed by atoms with Crippen molar-refractivity contribution in [1.29, 1.82) is 0 Å². The fraction of sp³-hybridized carbons (Fsp3) is 0.529. The monoisotopic (exact) mass is 355 g/mol. The largest absolute Gasteiger partial charge is 0.490 e. The van der Waals surface area contributed by atoms with Crippen molar-refractivity contribution in [2.45, 2.75) is 34.2 Å². The standard InChI is InChI=1S/C17H26BrNO2/c1-5-7-8-21-17-15(18)9-14(10-16(17)20-6-2)12-19-11-13(3)4/h5,7,9-10,13,19H,6,8,11-12H2,1-4H3. The number of benzene rings is 1. The Morgan fingerprint density at radius 1 is 1.29 bits per heavy atom. The zero-order valence-corrected chi connectivity index (χ0v) is 15.0. The van der Waals surface area contributed by atoms with Crippen LogP contribution in [0.3, 0.4) is 0 Å². The molecule has 0 unspecified atom stereocenters. The first-order valence-electron chi connectivity index (χ1n) is 7.48. The molecular weight excluding hydrogens is 330 g/mol. The molecule has 0 bridgehead atoms. The summed E-state index contributed by atoms with van der Waals surface area (Å²) in [7, 11) is 0. The van der Waals surface area contributed by atoms with Crippen molar-refractivity contribution < 1.29 is 9.47 Å². The molecule has 0 atom stereocenters. The van der Waals surface area contributed by atoms with Gasteiger partial charge in [-0.15, -0.1) is 0 Å². The third-order valence-corrected chi connectivity index (χ3v) is 3.40. The summed E-state index contributed by atoms with van der Waals surface area (Å²) >= 11 is 3.58. The van der Waals surface area contributed by atoms with Crippen LogP contribution in [0.1, 0.15) is 33.3 Å². The minimum atomic E-state index is 0.542. The van der Waals surface area contributed by atoms with Gasteiger partial charge in [-0.3, -0.25) is 0 Å². The van der Waals surface area contributed by atoms with E-state index in [4.69, 9.17) is 9.47 Å². The Morgan fingerprint density at radius 3 is 2.67 bits per heavy atom. The molecule has 3 nitrogen and oxygen atoms in total. The fourth-order valence-corrected chi connectivity index (χ4v) is 2.46. The summed E-state index contributed by atoms with van der Waals surface area (Å²) in [6.45, 7) is 11.3. The molecule has 0 radical (unpaired) electrons. The molecule has 21 heavy (non-hydrogen) atoms. The van der Waals surface area contributed by atoms with Gasteiger partial charge in [0.05, 0.1) is 11.1 Å². The van der Waals surface area contributed by atoms with Gasteiger partial charge in [-0.25, -0.2) is 0 Å². The molecule has 0 saturated heterocycles. The average Bonchev–Trinajstić information content (AvgIpc) is 2.42. The molecule has 0 aliphatic carbocycles. The highest BCUT2D eigenvalue weighted by Crippen LogP contribution is 2.37. The topological polar surface area (TPSA) is 30.5 Å². The minimum Gasteiger partial charge on any atom is -0.490 e. The Bertz CT molecular complexity index is 458. The van der Waals surface area contributed by atoms with E-state index >= 15 is 0 Å². The smallest absolute Gasteiger partial charge is 0.175 e. The molecule has 0 aromatic heterocycles. The number of ether oxygens (including phenoxy) is 2. The molecule has 1 rings (SSSR count). The lowest BCUT2D eigenvalue weighted by Crippen LogP contribution is -2.19. The molecule has 118 valence electrons. The van der Waals surface area contributed by atoms with Crippen molar-refractivity contribution in [3.8, 4) is 11.5 Å². The molecule has 0 aliphatic heterocycles. The Morgan fingerprint density at radius 2 is 2.05 bits per heavy atom. The van der Waals surface area contributed by atoms with Gasteiger partial charge >= 0.3 is 0 Å². The second-order valence-corrected chi connectivity index (χ2v) is 6.10. The average molecular weight is 356 g/mol. The zero-order chi connectivity index (χ0) is 15.7. The lowest BCUT2D eigenvalue weighted by atomic mass is 10.1. The second-order valence-electron chi connectivity index (χ2n) is 5.24. The van der Waals surface area contributed by atoms with Crippen LogP contribution in [0.4, 0.5) is 0 Å². The van der Waals surface area contributed by atoms with Crippen LogP contribution in [0.5, 0.6) is 11.5 Å². The summed E-state index contributed by atoms with van der Waals surface area (Å²) in [6.07, 6.45) is 3.94. The van der Waals surface area contributed by atoms with E-state index in [0.717, 1.165) is 29.1 Å². The molecule has 0 amide bonds. The highest BCUT2D eigenvalue weighted by molar-refractivity contribution is 9.10. The number of nitrogens with one attached hydrogen (secondary N) is 1. The summed E-state index contributed by atoms with van der Waals surface area (Å²) in [6, 6.07) is 4.13. The first-order valence-corrected chi connectivity index (χ1v) is 8.27. The van der Waals surface area contributed by atoms with Gasteiger partial charge in [0.2, 0.25) is 0 Å². The maximum absolute atomic E-state index is 5.78. The SMILES string of the molecule is CC=CCOc1c(Br)cc(CNCC(C)C)cc1OCC. The number of rotatable bonds is 9. The molecular formula is C17H26BrNO2. The van der Waals surface area contributed by atoms with E-state index < -0.39 is 0 Å². The van der Waals surface area contributed by atoms with Gasteiger partial charge in [0, 0.05) is 6.54 Å². The van der Waals surface area contributed by atoms with Crippen LogP contribution in [0.15, 0.2) is 28.8 Å². The lowest BCUT2D eigenvalue weighted by molar-refractivity contribution is 0.295. The van der Waals surface area contributed by atoms with Crippen LogP contribution in [0.2, 0.25) is 0 Å². The highest BCUT2D eigenvalue weighted by atomic mass is 79.9. The molecule has 0 saturated carbocycles. The van der Waals surface area contributed by atoms with Gasteiger partial charge in [-0.2, -0.15) is 0 Å². The predicted molar refractivity (Wildman–Crippen MR) is 92.2 cm³/mol. The predicted octanol–water partition coefficient (Wildman–Crippen LogP) is 4.55. The van der Waals surface area contributed by atoms with Gasteiger partial charge in [0.15, 0.2) is 11.5 Å². The van der Waals surface area contributed by atoms with Crippen LogP contribution in [-0.4, -0.2) is 19.8 Å². The Labute approximate surface area is 136 Å². The molecule has 4 heteroatoms. The van der Waals surface area contributed by atoms with E-state index in [1.165, 1.54) is 5.56 Å². The third-order valence-electron chi connectivity index (χ3n) is 2.81. The van der Waals surface area contributed by atoms with Crippen LogP contribution < -0.4 is 14.8 Å². The second kappa shape index (κ2) is 9.85. The summed E-state index contributed by atoms with van der Waals surface area (Å²) in [5, 5.41) is 3.44. The summed E-state index contributed by atoms with van der Waals surface area (Å²) in [4.78, 5) is 0. The van der Waals surface area contributed by atoms with Gasteiger partial charge in [-0.05, 0) is 59.9 Å². The van der Waals surface area contributed by atoms with E-state index in [1.807, 2.05) is 32.1 Å². The van der Waals surface area contributed by atoms with E-state index in [-0.39, 0.29) is 0 Å². The van der Waals surface area contributed by atoms with Gasteiger partial charge < -0.3 is 14.8 Å². The van der Waals surface area contributed by atoms with Gasteiger partial charge in [-0.1, -0.05) is 26.0 Å². The van der Waals surface area contributed by atoms with Gasteiger partial charge in [0.25, 0.3) is 0 Å². The number of hydrogen-bond acceptors (Lipinski definition) is 3. The molecule has 0 heterocycles. The summed E-state index contributed by atoms with van der Waals surface area (Å²) < 4.78 is 12.4. The molecule has 0 aliphatic rings. The van der Waals surface area contributed by atoms with Crippen LogP contribution in [-0.2, 0) is 6.54 Å². The van der Waals surface area contributed by atoms with E-state index in [9.17, 15) is 0 Å².